The van der Waals surface area contributed by atoms with Crippen molar-refractivity contribution in [3.05, 3.63) is 12.4 Å². The molecule has 9 heteroatoms. The third-order valence-corrected chi connectivity index (χ3v) is 6.99. The Labute approximate surface area is 141 Å². The van der Waals surface area contributed by atoms with E-state index in [1.54, 1.807) is 7.05 Å². The van der Waals surface area contributed by atoms with Gasteiger partial charge in [-0.25, -0.2) is 13.1 Å². The number of sulfonamides is 1. The van der Waals surface area contributed by atoms with Crippen molar-refractivity contribution in [2.24, 2.45) is 7.05 Å². The Bertz CT molecular complexity index is 620. The van der Waals surface area contributed by atoms with Crippen molar-refractivity contribution in [3.8, 4) is 0 Å². The zero-order valence-corrected chi connectivity index (χ0v) is 15.0. The van der Waals surface area contributed by atoms with Crippen LogP contribution >= 0.6 is 11.8 Å². The predicted molar refractivity (Wildman–Crippen MR) is 90.1 cm³/mol. The van der Waals surface area contributed by atoms with E-state index >= 15 is 0 Å². The Morgan fingerprint density at radius 1 is 1.35 bits per heavy atom. The molecule has 0 aliphatic carbocycles. The van der Waals surface area contributed by atoms with Gasteiger partial charge in [-0.1, -0.05) is 0 Å². The fraction of sp³-hybridized carbons (Fsp3) is 0.786. The number of aromatic nitrogens is 2. The van der Waals surface area contributed by atoms with Crippen LogP contribution in [0, 0.1) is 0 Å². The van der Waals surface area contributed by atoms with E-state index in [4.69, 9.17) is 4.74 Å². The molecule has 0 spiro atoms. The Morgan fingerprint density at radius 2 is 2.04 bits per heavy atom. The fourth-order valence-corrected chi connectivity index (χ4v) is 5.25. The minimum absolute atomic E-state index is 0.130. The van der Waals surface area contributed by atoms with E-state index in [2.05, 4.69) is 14.7 Å². The Hall–Kier alpha value is -0.610. The number of aryl methyl sites for hydroxylation is 1. The quantitative estimate of drug-likeness (QED) is 0.814. The number of rotatable bonds is 5. The average Bonchev–Trinajstić information content (AvgIpc) is 3.02. The summed E-state index contributed by atoms with van der Waals surface area (Å²) in [5.74, 6) is 2.22. The topological polar surface area (TPSA) is 76.5 Å². The van der Waals surface area contributed by atoms with Gasteiger partial charge in [0.1, 0.15) is 4.90 Å². The van der Waals surface area contributed by atoms with Gasteiger partial charge in [0.25, 0.3) is 0 Å². The first-order chi connectivity index (χ1) is 11.0. The van der Waals surface area contributed by atoms with Crippen molar-refractivity contribution in [1.29, 1.82) is 0 Å². The highest BCUT2D eigenvalue weighted by Crippen LogP contribution is 2.30. The van der Waals surface area contributed by atoms with Crippen LogP contribution in [0.25, 0.3) is 0 Å². The number of ether oxygens (including phenoxy) is 1. The van der Waals surface area contributed by atoms with E-state index < -0.39 is 10.0 Å². The number of thioether (sulfide) groups is 1. The van der Waals surface area contributed by atoms with E-state index in [1.165, 1.54) is 17.1 Å². The standard InChI is InChI=1S/C14H24N4O3S2/c1-17-11-13(10-15-17)23(19,20)16-12-14(2-6-21-7-3-14)18-4-8-22-9-5-18/h10-11,16H,2-9,12H2,1H3. The second kappa shape index (κ2) is 7.10. The molecule has 2 fully saturated rings. The molecule has 0 amide bonds. The fourth-order valence-electron chi connectivity index (χ4n) is 3.24. The summed E-state index contributed by atoms with van der Waals surface area (Å²) < 4.78 is 34.8. The second-order valence-corrected chi connectivity index (χ2v) is 9.10. The van der Waals surface area contributed by atoms with E-state index in [-0.39, 0.29) is 10.4 Å². The van der Waals surface area contributed by atoms with Crippen LogP contribution in [0.15, 0.2) is 17.3 Å². The molecule has 7 nitrogen and oxygen atoms in total. The molecule has 2 saturated heterocycles. The van der Waals surface area contributed by atoms with Gasteiger partial charge in [-0.2, -0.15) is 16.9 Å². The van der Waals surface area contributed by atoms with E-state index in [9.17, 15) is 8.42 Å². The van der Waals surface area contributed by atoms with Crippen LogP contribution in [0.5, 0.6) is 0 Å². The molecule has 3 heterocycles. The first-order valence-electron chi connectivity index (χ1n) is 7.91. The molecule has 1 aromatic heterocycles. The molecule has 130 valence electrons. The van der Waals surface area contributed by atoms with Gasteiger partial charge in [0.05, 0.1) is 6.20 Å². The van der Waals surface area contributed by atoms with Crippen LogP contribution in [-0.4, -0.2) is 73.0 Å². The monoisotopic (exact) mass is 360 g/mol. The van der Waals surface area contributed by atoms with Crippen molar-refractivity contribution >= 4 is 21.8 Å². The van der Waals surface area contributed by atoms with Gasteiger partial charge in [-0.15, -0.1) is 0 Å². The van der Waals surface area contributed by atoms with Crippen molar-refractivity contribution < 1.29 is 13.2 Å². The highest BCUT2D eigenvalue weighted by molar-refractivity contribution is 7.99. The van der Waals surface area contributed by atoms with Crippen LogP contribution in [0.1, 0.15) is 12.8 Å². The molecule has 23 heavy (non-hydrogen) atoms. The summed E-state index contributed by atoms with van der Waals surface area (Å²) in [5.41, 5.74) is -0.130. The smallest absolute Gasteiger partial charge is 0.243 e. The lowest BCUT2D eigenvalue weighted by atomic mass is 9.88. The molecular formula is C14H24N4O3S2. The Kier molecular flexibility index (Phi) is 5.32. The largest absolute Gasteiger partial charge is 0.381 e. The number of nitrogens with zero attached hydrogens (tertiary/aromatic N) is 3. The van der Waals surface area contributed by atoms with Crippen molar-refractivity contribution in [1.82, 2.24) is 19.4 Å². The Morgan fingerprint density at radius 3 is 2.65 bits per heavy atom. The third-order valence-electron chi connectivity index (χ3n) is 4.69. The molecule has 0 saturated carbocycles. The number of hydrogen-bond donors (Lipinski definition) is 1. The molecule has 3 rings (SSSR count). The lowest BCUT2D eigenvalue weighted by Crippen LogP contribution is -2.60. The van der Waals surface area contributed by atoms with E-state index in [1.807, 2.05) is 11.8 Å². The molecular weight excluding hydrogens is 336 g/mol. The van der Waals surface area contributed by atoms with E-state index in [0.29, 0.717) is 19.8 Å². The van der Waals surface area contributed by atoms with Gasteiger partial charge < -0.3 is 4.74 Å². The van der Waals surface area contributed by atoms with Crippen LogP contribution in [0.3, 0.4) is 0 Å². The van der Waals surface area contributed by atoms with Crippen molar-refractivity contribution in [3.63, 3.8) is 0 Å². The zero-order chi connectivity index (χ0) is 16.3. The first-order valence-corrected chi connectivity index (χ1v) is 10.5. The third kappa shape index (κ3) is 3.90. The molecule has 0 bridgehead atoms. The van der Waals surface area contributed by atoms with Crippen LogP contribution in [0.2, 0.25) is 0 Å². The second-order valence-electron chi connectivity index (χ2n) is 6.11. The van der Waals surface area contributed by atoms with Gasteiger partial charge in [0.2, 0.25) is 10.0 Å². The van der Waals surface area contributed by atoms with E-state index in [0.717, 1.165) is 37.4 Å². The summed E-state index contributed by atoms with van der Waals surface area (Å²) in [6, 6.07) is 0. The normalized spacial score (nSPS) is 23.0. The summed E-state index contributed by atoms with van der Waals surface area (Å²) >= 11 is 1.96. The van der Waals surface area contributed by atoms with Crippen molar-refractivity contribution in [2.45, 2.75) is 23.3 Å². The van der Waals surface area contributed by atoms with Gasteiger partial charge in [-0.05, 0) is 12.8 Å². The average molecular weight is 361 g/mol. The molecule has 1 aromatic rings. The maximum Gasteiger partial charge on any atom is 0.243 e. The minimum atomic E-state index is -3.52. The lowest BCUT2D eigenvalue weighted by molar-refractivity contribution is -0.0218. The van der Waals surface area contributed by atoms with Gasteiger partial charge in [0, 0.05) is 63.1 Å². The minimum Gasteiger partial charge on any atom is -0.381 e. The summed E-state index contributed by atoms with van der Waals surface area (Å²) in [7, 11) is -1.81. The molecule has 0 atom stereocenters. The Balaban J connectivity index is 1.73. The lowest BCUT2D eigenvalue weighted by Gasteiger charge is -2.47. The maximum atomic E-state index is 12.5. The van der Waals surface area contributed by atoms with Crippen LogP contribution in [-0.2, 0) is 21.8 Å². The van der Waals surface area contributed by atoms with Gasteiger partial charge in [-0.3, -0.25) is 9.58 Å². The van der Waals surface area contributed by atoms with Crippen molar-refractivity contribution in [2.75, 3.05) is 44.4 Å². The molecule has 2 aliphatic rings. The maximum absolute atomic E-state index is 12.5. The SMILES string of the molecule is Cn1cc(S(=O)(=O)NCC2(N3CCSCC3)CCOCC2)cn1. The highest BCUT2D eigenvalue weighted by Gasteiger charge is 2.40. The molecule has 2 aliphatic heterocycles. The summed E-state index contributed by atoms with van der Waals surface area (Å²) in [4.78, 5) is 2.68. The summed E-state index contributed by atoms with van der Waals surface area (Å²) in [6.45, 7) is 3.84. The van der Waals surface area contributed by atoms with Crippen LogP contribution in [0.4, 0.5) is 0 Å². The highest BCUT2D eigenvalue weighted by atomic mass is 32.2. The first kappa shape index (κ1) is 17.2. The molecule has 1 N–H and O–H groups in total. The van der Waals surface area contributed by atoms with Crippen LogP contribution < -0.4 is 4.72 Å². The number of nitrogens with one attached hydrogen (secondary N) is 1. The molecule has 0 aromatic carbocycles. The van der Waals surface area contributed by atoms with Gasteiger partial charge >= 0.3 is 0 Å². The molecule has 0 radical (unpaired) electrons. The molecule has 0 unspecified atom stereocenters. The van der Waals surface area contributed by atoms with Gasteiger partial charge in [0.15, 0.2) is 0 Å². The number of hydrogen-bond acceptors (Lipinski definition) is 6. The summed E-state index contributed by atoms with van der Waals surface area (Å²) in [5, 5.41) is 3.95. The zero-order valence-electron chi connectivity index (χ0n) is 13.4. The predicted octanol–water partition coefficient (Wildman–Crippen LogP) is 0.296. The summed E-state index contributed by atoms with van der Waals surface area (Å²) in [6.07, 6.45) is 4.65.